The Morgan fingerprint density at radius 2 is 2.06 bits per heavy atom. The van der Waals surface area contributed by atoms with Gasteiger partial charge in [0.25, 0.3) is 0 Å². The van der Waals surface area contributed by atoms with Crippen molar-refractivity contribution in [1.82, 2.24) is 14.8 Å². The lowest BCUT2D eigenvalue weighted by molar-refractivity contribution is -0.141. The third-order valence-corrected chi connectivity index (χ3v) is 2.96. The van der Waals surface area contributed by atoms with E-state index in [1.807, 2.05) is 18.4 Å². The number of hydrogen-bond acceptors (Lipinski definition) is 3. The van der Waals surface area contributed by atoms with Gasteiger partial charge < -0.3 is 9.67 Å². The summed E-state index contributed by atoms with van der Waals surface area (Å²) in [5, 5.41) is 17.1. The standard InChI is InChI=1S/C11H19N3O2/c1-5-6-14-9(4)12-13-10(14)7(2)8(3)11(15)16/h7-8H,5-6H2,1-4H3,(H,15,16). The predicted octanol–water partition coefficient (Wildman–Crippen LogP) is 1.82. The van der Waals surface area contributed by atoms with Gasteiger partial charge in [0, 0.05) is 12.5 Å². The molecular formula is C11H19N3O2. The third-order valence-electron chi connectivity index (χ3n) is 2.96. The number of hydrogen-bond donors (Lipinski definition) is 1. The SMILES string of the molecule is CCCn1c(C)nnc1C(C)C(C)C(=O)O. The molecule has 1 aromatic rings. The third kappa shape index (κ3) is 2.40. The average molecular weight is 225 g/mol. The van der Waals surface area contributed by atoms with Crippen LogP contribution in [0.15, 0.2) is 0 Å². The van der Waals surface area contributed by atoms with Crippen molar-refractivity contribution in [3.63, 3.8) is 0 Å². The molecule has 1 heterocycles. The summed E-state index contributed by atoms with van der Waals surface area (Å²) in [5.74, 6) is 0.260. The zero-order valence-corrected chi connectivity index (χ0v) is 10.3. The second-order valence-corrected chi connectivity index (χ2v) is 4.17. The van der Waals surface area contributed by atoms with Crippen LogP contribution in [-0.4, -0.2) is 25.8 Å². The monoisotopic (exact) mass is 225 g/mol. The van der Waals surface area contributed by atoms with Crippen molar-refractivity contribution in [2.45, 2.75) is 46.6 Å². The van der Waals surface area contributed by atoms with E-state index in [0.717, 1.165) is 24.6 Å². The zero-order valence-electron chi connectivity index (χ0n) is 10.3. The van der Waals surface area contributed by atoms with E-state index in [2.05, 4.69) is 17.1 Å². The van der Waals surface area contributed by atoms with Crippen LogP contribution in [0, 0.1) is 12.8 Å². The van der Waals surface area contributed by atoms with Crippen LogP contribution >= 0.6 is 0 Å². The summed E-state index contributed by atoms with van der Waals surface area (Å²) >= 11 is 0. The lowest BCUT2D eigenvalue weighted by Gasteiger charge is -2.16. The highest BCUT2D eigenvalue weighted by Crippen LogP contribution is 2.23. The van der Waals surface area contributed by atoms with E-state index >= 15 is 0 Å². The van der Waals surface area contributed by atoms with E-state index in [1.165, 1.54) is 0 Å². The van der Waals surface area contributed by atoms with Gasteiger partial charge in [0.2, 0.25) is 0 Å². The lowest BCUT2D eigenvalue weighted by atomic mass is 9.95. The van der Waals surface area contributed by atoms with Gasteiger partial charge in [0.15, 0.2) is 0 Å². The quantitative estimate of drug-likeness (QED) is 0.830. The first-order valence-electron chi connectivity index (χ1n) is 5.61. The average Bonchev–Trinajstić information content (AvgIpc) is 2.59. The Labute approximate surface area is 95.5 Å². The van der Waals surface area contributed by atoms with Crippen molar-refractivity contribution in [3.05, 3.63) is 11.6 Å². The zero-order chi connectivity index (χ0) is 12.3. The molecular weight excluding hydrogens is 206 g/mol. The van der Waals surface area contributed by atoms with Crippen molar-refractivity contribution in [1.29, 1.82) is 0 Å². The first-order valence-corrected chi connectivity index (χ1v) is 5.61. The molecule has 0 amide bonds. The highest BCUT2D eigenvalue weighted by molar-refractivity contribution is 5.70. The predicted molar refractivity (Wildman–Crippen MR) is 60.3 cm³/mol. The Bertz CT molecular complexity index is 373. The highest BCUT2D eigenvalue weighted by atomic mass is 16.4. The molecule has 0 radical (unpaired) electrons. The minimum atomic E-state index is -0.795. The molecule has 0 bridgehead atoms. The molecule has 0 aliphatic heterocycles. The van der Waals surface area contributed by atoms with E-state index in [1.54, 1.807) is 6.92 Å². The van der Waals surface area contributed by atoms with Crippen molar-refractivity contribution in [3.8, 4) is 0 Å². The van der Waals surface area contributed by atoms with Gasteiger partial charge in [-0.3, -0.25) is 4.79 Å². The van der Waals surface area contributed by atoms with Crippen LogP contribution in [0.5, 0.6) is 0 Å². The molecule has 1 N–H and O–H groups in total. The molecule has 5 heteroatoms. The van der Waals surface area contributed by atoms with Gasteiger partial charge >= 0.3 is 5.97 Å². The fraction of sp³-hybridized carbons (Fsp3) is 0.727. The molecule has 0 saturated heterocycles. The number of carboxylic acids is 1. The molecule has 0 fully saturated rings. The first kappa shape index (κ1) is 12.7. The molecule has 1 rings (SSSR count). The summed E-state index contributed by atoms with van der Waals surface area (Å²) in [7, 11) is 0. The number of aliphatic carboxylic acids is 1. The van der Waals surface area contributed by atoms with Crippen molar-refractivity contribution < 1.29 is 9.90 Å². The Hall–Kier alpha value is -1.39. The van der Waals surface area contributed by atoms with Gasteiger partial charge in [-0.1, -0.05) is 20.8 Å². The molecule has 90 valence electrons. The van der Waals surface area contributed by atoms with E-state index in [9.17, 15) is 4.79 Å². The second kappa shape index (κ2) is 5.09. The molecule has 16 heavy (non-hydrogen) atoms. The number of nitrogens with zero attached hydrogens (tertiary/aromatic N) is 3. The van der Waals surface area contributed by atoms with Crippen LogP contribution in [0.25, 0.3) is 0 Å². The van der Waals surface area contributed by atoms with Crippen molar-refractivity contribution in [2.24, 2.45) is 5.92 Å². The van der Waals surface area contributed by atoms with Crippen LogP contribution in [0.1, 0.15) is 44.8 Å². The van der Waals surface area contributed by atoms with E-state index < -0.39 is 11.9 Å². The fourth-order valence-electron chi connectivity index (χ4n) is 1.67. The smallest absolute Gasteiger partial charge is 0.306 e. The van der Waals surface area contributed by atoms with Gasteiger partial charge in [-0.2, -0.15) is 0 Å². The summed E-state index contributed by atoms with van der Waals surface area (Å²) in [5.41, 5.74) is 0. The molecule has 1 aromatic heterocycles. The Balaban J connectivity index is 2.98. The molecule has 5 nitrogen and oxygen atoms in total. The maximum atomic E-state index is 10.9. The van der Waals surface area contributed by atoms with Gasteiger partial charge in [0.1, 0.15) is 11.6 Å². The minimum Gasteiger partial charge on any atom is -0.481 e. The molecule has 0 spiro atoms. The van der Waals surface area contributed by atoms with Crippen LogP contribution in [-0.2, 0) is 11.3 Å². The molecule has 0 aliphatic rings. The van der Waals surface area contributed by atoms with E-state index in [0.29, 0.717) is 0 Å². The summed E-state index contributed by atoms with van der Waals surface area (Å²) in [6.07, 6.45) is 0.986. The first-order chi connectivity index (χ1) is 7.49. The largest absolute Gasteiger partial charge is 0.481 e. The van der Waals surface area contributed by atoms with Gasteiger partial charge in [-0.15, -0.1) is 10.2 Å². The summed E-state index contributed by atoms with van der Waals surface area (Å²) in [4.78, 5) is 10.9. The maximum absolute atomic E-state index is 10.9. The van der Waals surface area contributed by atoms with Gasteiger partial charge in [0.05, 0.1) is 5.92 Å². The summed E-state index contributed by atoms with van der Waals surface area (Å²) in [6, 6.07) is 0. The van der Waals surface area contributed by atoms with Crippen LogP contribution < -0.4 is 0 Å². The molecule has 2 unspecified atom stereocenters. The normalized spacial score (nSPS) is 14.8. The van der Waals surface area contributed by atoms with E-state index in [4.69, 9.17) is 5.11 Å². The van der Waals surface area contributed by atoms with E-state index in [-0.39, 0.29) is 5.92 Å². The van der Waals surface area contributed by atoms with Gasteiger partial charge in [-0.25, -0.2) is 0 Å². The molecule has 2 atom stereocenters. The van der Waals surface area contributed by atoms with Crippen molar-refractivity contribution >= 4 is 5.97 Å². The Kier molecular flexibility index (Phi) is 4.04. The van der Waals surface area contributed by atoms with Crippen molar-refractivity contribution in [2.75, 3.05) is 0 Å². The lowest BCUT2D eigenvalue weighted by Crippen LogP contribution is -2.20. The topological polar surface area (TPSA) is 68.0 Å². The molecule has 0 aromatic carbocycles. The minimum absolute atomic E-state index is 0.120. The number of rotatable bonds is 5. The number of carbonyl (C=O) groups is 1. The Morgan fingerprint density at radius 1 is 1.44 bits per heavy atom. The fourth-order valence-corrected chi connectivity index (χ4v) is 1.67. The van der Waals surface area contributed by atoms with Crippen LogP contribution in [0.2, 0.25) is 0 Å². The highest BCUT2D eigenvalue weighted by Gasteiger charge is 2.25. The summed E-state index contributed by atoms with van der Waals surface area (Å²) < 4.78 is 2.00. The number of aryl methyl sites for hydroxylation is 1. The number of carboxylic acid groups (broad SMARTS) is 1. The number of aromatic nitrogens is 3. The maximum Gasteiger partial charge on any atom is 0.306 e. The second-order valence-electron chi connectivity index (χ2n) is 4.17. The Morgan fingerprint density at radius 3 is 2.56 bits per heavy atom. The van der Waals surface area contributed by atoms with Crippen LogP contribution in [0.4, 0.5) is 0 Å². The van der Waals surface area contributed by atoms with Crippen LogP contribution in [0.3, 0.4) is 0 Å². The van der Waals surface area contributed by atoms with Gasteiger partial charge in [-0.05, 0) is 13.3 Å². The molecule has 0 aliphatic carbocycles. The summed E-state index contributed by atoms with van der Waals surface area (Å²) in [6.45, 7) is 8.39. The molecule has 0 saturated carbocycles.